The summed E-state index contributed by atoms with van der Waals surface area (Å²) in [6, 6.07) is 6.88. The lowest BCUT2D eigenvalue weighted by atomic mass is 10.3. The van der Waals surface area contributed by atoms with Crippen LogP contribution in [0.3, 0.4) is 0 Å². The Kier molecular flexibility index (Phi) is 4.76. The molecule has 0 saturated carbocycles. The number of nitrogens with one attached hydrogen (secondary N) is 2. The van der Waals surface area contributed by atoms with Crippen LogP contribution in [-0.4, -0.2) is 20.4 Å². The summed E-state index contributed by atoms with van der Waals surface area (Å²) in [7, 11) is -2.23. The zero-order valence-electron chi connectivity index (χ0n) is 11.1. The van der Waals surface area contributed by atoms with Crippen LogP contribution in [0.2, 0.25) is 5.02 Å². The smallest absolute Gasteiger partial charge is 0.279 e. The van der Waals surface area contributed by atoms with Crippen LogP contribution >= 0.6 is 11.6 Å². The second-order valence-electron chi connectivity index (χ2n) is 4.24. The highest BCUT2D eigenvalue weighted by Crippen LogP contribution is 2.26. The van der Waals surface area contributed by atoms with E-state index in [9.17, 15) is 12.8 Å². The lowest BCUT2D eigenvalue weighted by Gasteiger charge is -2.10. The van der Waals surface area contributed by atoms with Gasteiger partial charge < -0.3 is 5.32 Å². The van der Waals surface area contributed by atoms with Gasteiger partial charge in [-0.05, 0) is 30.8 Å². The van der Waals surface area contributed by atoms with Gasteiger partial charge in [0, 0.05) is 12.7 Å². The fourth-order valence-corrected chi connectivity index (χ4v) is 2.95. The van der Waals surface area contributed by atoms with E-state index >= 15 is 0 Å². The molecule has 2 N–H and O–H groups in total. The number of halogens is 2. The molecule has 8 heteroatoms. The Hall–Kier alpha value is -1.70. The number of rotatable bonds is 5. The highest BCUT2D eigenvalue weighted by atomic mass is 35.5. The van der Waals surface area contributed by atoms with Crippen LogP contribution in [-0.2, 0) is 16.6 Å². The maximum absolute atomic E-state index is 13.6. The summed E-state index contributed by atoms with van der Waals surface area (Å²) in [6.07, 6.45) is 1.44. The van der Waals surface area contributed by atoms with Crippen LogP contribution in [0.25, 0.3) is 0 Å². The number of pyridine rings is 1. The molecule has 0 fully saturated rings. The molecule has 0 amide bonds. The van der Waals surface area contributed by atoms with Crippen molar-refractivity contribution in [3.63, 3.8) is 0 Å². The fraction of sp³-hybridized carbons (Fsp3) is 0.154. The normalized spacial score (nSPS) is 11.4. The molecule has 0 unspecified atom stereocenters. The molecule has 0 saturated heterocycles. The van der Waals surface area contributed by atoms with Crippen LogP contribution in [0.1, 0.15) is 5.56 Å². The summed E-state index contributed by atoms with van der Waals surface area (Å²) in [5.74, 6) is -0.752. The topological polar surface area (TPSA) is 71.1 Å². The molecule has 2 aromatic rings. The molecule has 1 aromatic heterocycles. The second-order valence-corrected chi connectivity index (χ2v) is 6.27. The van der Waals surface area contributed by atoms with Crippen LogP contribution in [0.15, 0.2) is 41.6 Å². The van der Waals surface area contributed by atoms with Crippen molar-refractivity contribution in [1.82, 2.24) is 10.3 Å². The molecular formula is C13H13ClFN3O2S. The third-order valence-corrected chi connectivity index (χ3v) is 4.23. The zero-order chi connectivity index (χ0) is 15.5. The number of aromatic nitrogens is 1. The molecule has 0 atom stereocenters. The molecule has 1 heterocycles. The van der Waals surface area contributed by atoms with E-state index < -0.39 is 15.8 Å². The summed E-state index contributed by atoms with van der Waals surface area (Å²) in [6.45, 7) is 0.569. The quantitative estimate of drug-likeness (QED) is 0.883. The first-order valence-corrected chi connectivity index (χ1v) is 7.86. The summed E-state index contributed by atoms with van der Waals surface area (Å²) in [5, 5.41) is 2.70. The lowest BCUT2D eigenvalue weighted by Crippen LogP contribution is -2.16. The fourth-order valence-electron chi connectivity index (χ4n) is 1.66. The molecule has 1 aromatic carbocycles. The molecule has 112 valence electrons. The molecule has 2 rings (SSSR count). The average molecular weight is 330 g/mol. The van der Waals surface area contributed by atoms with E-state index in [2.05, 4.69) is 15.0 Å². The van der Waals surface area contributed by atoms with E-state index in [1.54, 1.807) is 13.1 Å². The summed E-state index contributed by atoms with van der Waals surface area (Å²) < 4.78 is 40.1. The Morgan fingerprint density at radius 2 is 2.05 bits per heavy atom. The van der Waals surface area contributed by atoms with Gasteiger partial charge in [-0.15, -0.1) is 0 Å². The third-order valence-electron chi connectivity index (χ3n) is 2.65. The molecule has 0 bridgehead atoms. The van der Waals surface area contributed by atoms with Gasteiger partial charge in [-0.25, -0.2) is 9.37 Å². The highest BCUT2D eigenvalue weighted by Gasteiger charge is 2.19. The molecule has 21 heavy (non-hydrogen) atoms. The number of anilines is 1. The monoisotopic (exact) mass is 329 g/mol. The SMILES string of the molecule is CNCc1ccc(S(=O)(=O)Nc2c(F)cccc2Cl)nc1. The van der Waals surface area contributed by atoms with Gasteiger partial charge in [0.2, 0.25) is 0 Å². The van der Waals surface area contributed by atoms with Crippen molar-refractivity contribution in [2.45, 2.75) is 11.6 Å². The zero-order valence-corrected chi connectivity index (χ0v) is 12.7. The average Bonchev–Trinajstić information content (AvgIpc) is 2.44. The Morgan fingerprint density at radius 1 is 1.29 bits per heavy atom. The van der Waals surface area contributed by atoms with Crippen molar-refractivity contribution >= 4 is 27.3 Å². The van der Waals surface area contributed by atoms with Crippen molar-refractivity contribution in [2.75, 3.05) is 11.8 Å². The van der Waals surface area contributed by atoms with Crippen molar-refractivity contribution < 1.29 is 12.8 Å². The molecule has 5 nitrogen and oxygen atoms in total. The minimum atomic E-state index is -4.00. The van der Waals surface area contributed by atoms with Crippen LogP contribution in [0.4, 0.5) is 10.1 Å². The van der Waals surface area contributed by atoms with Crippen LogP contribution in [0, 0.1) is 5.82 Å². The minimum absolute atomic E-state index is 0.0228. The van der Waals surface area contributed by atoms with Crippen LogP contribution < -0.4 is 10.0 Å². The Bertz CT molecular complexity index is 715. The number of nitrogens with zero attached hydrogens (tertiary/aromatic N) is 1. The van der Waals surface area contributed by atoms with Crippen molar-refractivity contribution in [1.29, 1.82) is 0 Å². The number of hydrogen-bond acceptors (Lipinski definition) is 4. The number of hydrogen-bond donors (Lipinski definition) is 2. The van der Waals surface area contributed by atoms with E-state index in [1.165, 1.54) is 24.4 Å². The molecule has 0 aliphatic carbocycles. The lowest BCUT2D eigenvalue weighted by molar-refractivity contribution is 0.595. The predicted molar refractivity (Wildman–Crippen MR) is 79.2 cm³/mol. The van der Waals surface area contributed by atoms with Crippen molar-refractivity contribution in [3.8, 4) is 0 Å². The Morgan fingerprint density at radius 3 is 2.62 bits per heavy atom. The number of sulfonamides is 1. The van der Waals surface area contributed by atoms with E-state index in [0.717, 1.165) is 11.6 Å². The summed E-state index contributed by atoms with van der Waals surface area (Å²) in [5.41, 5.74) is 0.542. The summed E-state index contributed by atoms with van der Waals surface area (Å²) >= 11 is 5.79. The van der Waals surface area contributed by atoms with E-state index in [1.807, 2.05) is 0 Å². The van der Waals surface area contributed by atoms with Gasteiger partial charge in [0.1, 0.15) is 11.5 Å². The van der Waals surface area contributed by atoms with Crippen molar-refractivity contribution in [2.24, 2.45) is 0 Å². The van der Waals surface area contributed by atoms with Gasteiger partial charge in [-0.3, -0.25) is 4.72 Å². The van der Waals surface area contributed by atoms with Crippen LogP contribution in [0.5, 0.6) is 0 Å². The third kappa shape index (κ3) is 3.69. The predicted octanol–water partition coefficient (Wildman–Crippen LogP) is 2.39. The van der Waals surface area contributed by atoms with E-state index in [0.29, 0.717) is 6.54 Å². The molecule has 0 aliphatic heterocycles. The Balaban J connectivity index is 2.30. The minimum Gasteiger partial charge on any atom is -0.316 e. The molecule has 0 aliphatic rings. The molecular weight excluding hydrogens is 317 g/mol. The van der Waals surface area contributed by atoms with Gasteiger partial charge >= 0.3 is 0 Å². The molecule has 0 radical (unpaired) electrons. The van der Waals surface area contributed by atoms with Gasteiger partial charge in [0.25, 0.3) is 10.0 Å². The first-order valence-electron chi connectivity index (χ1n) is 6.00. The highest BCUT2D eigenvalue weighted by molar-refractivity contribution is 7.92. The van der Waals surface area contributed by atoms with Gasteiger partial charge in [0.15, 0.2) is 5.03 Å². The largest absolute Gasteiger partial charge is 0.316 e. The van der Waals surface area contributed by atoms with Gasteiger partial charge in [-0.2, -0.15) is 8.42 Å². The first-order chi connectivity index (χ1) is 9.94. The van der Waals surface area contributed by atoms with E-state index in [4.69, 9.17) is 11.6 Å². The summed E-state index contributed by atoms with van der Waals surface area (Å²) in [4.78, 5) is 3.87. The number of para-hydroxylation sites is 1. The van der Waals surface area contributed by atoms with Gasteiger partial charge in [0.05, 0.1) is 5.02 Å². The first kappa shape index (κ1) is 15.7. The number of benzene rings is 1. The molecule has 0 spiro atoms. The maximum Gasteiger partial charge on any atom is 0.279 e. The Labute approximate surface area is 127 Å². The second kappa shape index (κ2) is 6.38. The van der Waals surface area contributed by atoms with Crippen molar-refractivity contribution in [3.05, 3.63) is 52.9 Å². The maximum atomic E-state index is 13.6. The van der Waals surface area contributed by atoms with Gasteiger partial charge in [-0.1, -0.05) is 23.7 Å². The standard InChI is InChI=1S/C13H13ClFN3O2S/c1-16-7-9-5-6-12(17-8-9)21(19,20)18-13-10(14)3-2-4-11(13)15/h2-6,8,16,18H,7H2,1H3. The van der Waals surface area contributed by atoms with E-state index in [-0.39, 0.29) is 15.7 Å².